The Labute approximate surface area is 186 Å². The van der Waals surface area contributed by atoms with Crippen LogP contribution >= 0.6 is 11.8 Å². The van der Waals surface area contributed by atoms with Gasteiger partial charge in [-0.1, -0.05) is 0 Å². The van der Waals surface area contributed by atoms with Crippen LogP contribution in [0.2, 0.25) is 0 Å². The smallest absolute Gasteiger partial charge is 0.446 e. The Morgan fingerprint density at radius 1 is 1.16 bits per heavy atom. The van der Waals surface area contributed by atoms with Gasteiger partial charge in [0.05, 0.1) is 31.1 Å². The van der Waals surface area contributed by atoms with Gasteiger partial charge in [0.15, 0.2) is 0 Å². The van der Waals surface area contributed by atoms with E-state index in [-0.39, 0.29) is 34.8 Å². The second-order valence-corrected chi connectivity index (χ2v) is 8.41. The number of alkyl halides is 3. The Bertz CT molecular complexity index is 1150. The Morgan fingerprint density at radius 2 is 1.84 bits per heavy atom. The summed E-state index contributed by atoms with van der Waals surface area (Å²) in [4.78, 5) is 19.6. The number of thioether (sulfide) groups is 1. The van der Waals surface area contributed by atoms with Crippen molar-refractivity contribution in [2.24, 2.45) is 0 Å². The second-order valence-electron chi connectivity index (χ2n) is 7.28. The second kappa shape index (κ2) is 8.91. The van der Waals surface area contributed by atoms with E-state index in [0.29, 0.717) is 18.9 Å². The molecule has 32 heavy (non-hydrogen) atoms. The number of aromatic nitrogens is 3. The molecule has 2 aromatic heterocycles. The van der Waals surface area contributed by atoms with Gasteiger partial charge >= 0.3 is 11.2 Å². The normalized spacial score (nSPS) is 14.7. The predicted molar refractivity (Wildman–Crippen MR) is 115 cm³/mol. The van der Waals surface area contributed by atoms with Gasteiger partial charge < -0.3 is 14.7 Å². The molecule has 7 nitrogen and oxygen atoms in total. The lowest BCUT2D eigenvalue weighted by atomic mass is 10.2. The summed E-state index contributed by atoms with van der Waals surface area (Å²) in [6.07, 6.45) is 1.67. The number of nitrogens with zero attached hydrogens (tertiary/aromatic N) is 4. The minimum atomic E-state index is -4.40. The number of morpholine rings is 1. The summed E-state index contributed by atoms with van der Waals surface area (Å²) in [5, 5.41) is 10.6. The lowest BCUT2D eigenvalue weighted by Gasteiger charge is -2.28. The standard InChI is InChI=1S/C21H21F3N4O3S/c1-14-19(29)28(16-2-4-17(5-3-16)32-21(22,23)24)20(30)27(14)13-15-6-7-25-18(12-15)26-8-10-31-11-9-26/h2-7,12,29H,8-11,13H2,1H3. The fourth-order valence-electron chi connectivity index (χ4n) is 3.56. The SMILES string of the molecule is Cc1c(O)n(-c2ccc(SC(F)(F)F)cc2)c(=O)n1Cc1ccnc(N2CCOCC2)c1. The molecule has 1 aromatic carbocycles. The van der Waals surface area contributed by atoms with Crippen LogP contribution in [0.1, 0.15) is 11.3 Å². The number of rotatable bonds is 5. The lowest BCUT2D eigenvalue weighted by Crippen LogP contribution is -2.36. The number of anilines is 1. The van der Waals surface area contributed by atoms with E-state index in [9.17, 15) is 23.1 Å². The molecule has 1 saturated heterocycles. The summed E-state index contributed by atoms with van der Waals surface area (Å²) in [6, 6.07) is 8.99. The Hall–Kier alpha value is -2.92. The molecule has 1 aliphatic heterocycles. The zero-order chi connectivity index (χ0) is 22.9. The van der Waals surface area contributed by atoms with Gasteiger partial charge in [0.25, 0.3) is 0 Å². The molecule has 0 amide bonds. The van der Waals surface area contributed by atoms with Gasteiger partial charge in [0.1, 0.15) is 5.82 Å². The molecule has 1 aliphatic rings. The van der Waals surface area contributed by atoms with Crippen molar-refractivity contribution in [3.8, 4) is 11.6 Å². The first-order valence-electron chi connectivity index (χ1n) is 9.88. The molecule has 0 saturated carbocycles. The van der Waals surface area contributed by atoms with Crippen LogP contribution in [0.15, 0.2) is 52.3 Å². The van der Waals surface area contributed by atoms with E-state index < -0.39 is 11.2 Å². The van der Waals surface area contributed by atoms with Crippen molar-refractivity contribution in [2.45, 2.75) is 23.9 Å². The van der Waals surface area contributed by atoms with Gasteiger partial charge in [0, 0.05) is 24.2 Å². The number of aromatic hydroxyl groups is 1. The van der Waals surface area contributed by atoms with E-state index in [2.05, 4.69) is 9.88 Å². The highest BCUT2D eigenvalue weighted by Crippen LogP contribution is 2.37. The molecule has 1 N–H and O–H groups in total. The fourth-order valence-corrected chi connectivity index (χ4v) is 4.10. The highest BCUT2D eigenvalue weighted by atomic mass is 32.2. The van der Waals surface area contributed by atoms with Gasteiger partial charge in [-0.25, -0.2) is 14.3 Å². The largest absolute Gasteiger partial charge is 0.493 e. The fraction of sp³-hybridized carbons (Fsp3) is 0.333. The molecule has 1 fully saturated rings. The maximum Gasteiger partial charge on any atom is 0.446 e. The van der Waals surface area contributed by atoms with Crippen molar-refractivity contribution < 1.29 is 23.0 Å². The van der Waals surface area contributed by atoms with Crippen molar-refractivity contribution in [1.82, 2.24) is 14.1 Å². The maximum atomic E-state index is 13.1. The molecule has 0 atom stereocenters. The van der Waals surface area contributed by atoms with Crippen molar-refractivity contribution in [2.75, 3.05) is 31.2 Å². The van der Waals surface area contributed by atoms with Crippen LogP contribution in [0.25, 0.3) is 5.69 Å². The Balaban J connectivity index is 1.61. The van der Waals surface area contributed by atoms with Crippen LogP contribution in [0.5, 0.6) is 5.88 Å². The Kier molecular flexibility index (Phi) is 6.20. The van der Waals surface area contributed by atoms with E-state index in [1.807, 2.05) is 6.07 Å². The number of hydrogen-bond donors (Lipinski definition) is 1. The average Bonchev–Trinajstić information content (AvgIpc) is 2.97. The van der Waals surface area contributed by atoms with E-state index in [4.69, 9.17) is 4.74 Å². The van der Waals surface area contributed by atoms with Crippen LogP contribution in [0, 0.1) is 6.92 Å². The first-order chi connectivity index (χ1) is 15.2. The quantitative estimate of drug-likeness (QED) is 0.580. The molecule has 0 radical (unpaired) electrons. The summed E-state index contributed by atoms with van der Waals surface area (Å²) in [7, 11) is 0. The molecule has 0 spiro atoms. The summed E-state index contributed by atoms with van der Waals surface area (Å²) in [6.45, 7) is 4.55. The van der Waals surface area contributed by atoms with Crippen LogP contribution in [-0.2, 0) is 11.3 Å². The maximum absolute atomic E-state index is 13.1. The zero-order valence-electron chi connectivity index (χ0n) is 17.2. The molecule has 11 heteroatoms. The van der Waals surface area contributed by atoms with E-state index in [1.165, 1.54) is 28.8 Å². The molecule has 4 rings (SSSR count). The van der Waals surface area contributed by atoms with Gasteiger partial charge in [-0.3, -0.25) is 4.57 Å². The summed E-state index contributed by atoms with van der Waals surface area (Å²) >= 11 is -0.237. The summed E-state index contributed by atoms with van der Waals surface area (Å²) < 4.78 is 45.5. The number of imidazole rings is 1. The topological polar surface area (TPSA) is 72.5 Å². The average molecular weight is 466 g/mol. The highest BCUT2D eigenvalue weighted by Gasteiger charge is 2.29. The summed E-state index contributed by atoms with van der Waals surface area (Å²) in [5.41, 5.74) is -3.41. The van der Waals surface area contributed by atoms with Gasteiger partial charge in [-0.05, 0) is 60.6 Å². The third-order valence-electron chi connectivity index (χ3n) is 5.18. The van der Waals surface area contributed by atoms with Gasteiger partial charge in [-0.2, -0.15) is 13.2 Å². The summed E-state index contributed by atoms with van der Waals surface area (Å²) in [5.74, 6) is 0.534. The lowest BCUT2D eigenvalue weighted by molar-refractivity contribution is -0.0328. The van der Waals surface area contributed by atoms with Crippen LogP contribution in [0.4, 0.5) is 19.0 Å². The monoisotopic (exact) mass is 466 g/mol. The minimum Gasteiger partial charge on any atom is -0.493 e. The van der Waals surface area contributed by atoms with E-state index >= 15 is 0 Å². The molecule has 170 valence electrons. The van der Waals surface area contributed by atoms with Crippen LogP contribution < -0.4 is 10.6 Å². The predicted octanol–water partition coefficient (Wildman–Crippen LogP) is 3.54. The van der Waals surface area contributed by atoms with Crippen LogP contribution in [-0.4, -0.2) is 51.0 Å². The third-order valence-corrected chi connectivity index (χ3v) is 5.92. The number of hydrogen-bond acceptors (Lipinski definition) is 6. The zero-order valence-corrected chi connectivity index (χ0v) is 18.0. The van der Waals surface area contributed by atoms with Crippen molar-refractivity contribution in [1.29, 1.82) is 0 Å². The number of ether oxygens (including phenoxy) is 1. The third kappa shape index (κ3) is 4.78. The first kappa shape index (κ1) is 22.3. The van der Waals surface area contributed by atoms with Crippen molar-refractivity contribution >= 4 is 17.6 Å². The molecule has 0 bridgehead atoms. The van der Waals surface area contributed by atoms with E-state index in [1.54, 1.807) is 19.2 Å². The molecule has 0 unspecified atom stereocenters. The number of pyridine rings is 1. The molecular formula is C21H21F3N4O3S. The molecule has 0 aliphatic carbocycles. The highest BCUT2D eigenvalue weighted by molar-refractivity contribution is 8.00. The Morgan fingerprint density at radius 3 is 2.50 bits per heavy atom. The molecule has 3 heterocycles. The number of benzene rings is 1. The van der Waals surface area contributed by atoms with Crippen LogP contribution in [0.3, 0.4) is 0 Å². The minimum absolute atomic E-state index is 0.00243. The van der Waals surface area contributed by atoms with Crippen molar-refractivity contribution in [3.05, 3.63) is 64.3 Å². The van der Waals surface area contributed by atoms with E-state index in [0.717, 1.165) is 29.0 Å². The molecular weight excluding hydrogens is 445 g/mol. The van der Waals surface area contributed by atoms with Crippen molar-refractivity contribution in [3.63, 3.8) is 0 Å². The number of halogens is 3. The molecule has 3 aromatic rings. The first-order valence-corrected chi connectivity index (χ1v) is 10.7. The van der Waals surface area contributed by atoms with Gasteiger partial charge in [-0.15, -0.1) is 0 Å². The van der Waals surface area contributed by atoms with Gasteiger partial charge in [0.2, 0.25) is 5.88 Å².